The maximum atomic E-state index is 12.2. The molecule has 0 spiro atoms. The number of nitrogens with zero attached hydrogens (tertiary/aromatic N) is 2. The van der Waals surface area contributed by atoms with E-state index in [2.05, 4.69) is 35.3 Å². The highest BCUT2D eigenvalue weighted by Gasteiger charge is 2.14. The molecule has 0 aliphatic rings. The molecule has 0 saturated carbocycles. The maximum Gasteiger partial charge on any atom is 0.306 e. The number of aromatic nitrogens is 3. The first kappa shape index (κ1) is 21.3. The summed E-state index contributed by atoms with van der Waals surface area (Å²) in [6, 6.07) is 11.7. The number of aromatic amines is 1. The Balaban J connectivity index is 1.62. The van der Waals surface area contributed by atoms with Crippen LogP contribution in [0.25, 0.3) is 22.2 Å². The molecule has 5 nitrogen and oxygen atoms in total. The van der Waals surface area contributed by atoms with Gasteiger partial charge in [0.25, 0.3) is 0 Å². The largest absolute Gasteiger partial charge is 0.465 e. The van der Waals surface area contributed by atoms with Gasteiger partial charge in [0, 0.05) is 12.0 Å². The van der Waals surface area contributed by atoms with Crippen LogP contribution in [0.4, 0.5) is 0 Å². The predicted octanol–water partition coefficient (Wildman–Crippen LogP) is 5.97. The van der Waals surface area contributed by atoms with Crippen molar-refractivity contribution in [1.82, 2.24) is 15.4 Å². The van der Waals surface area contributed by atoms with Gasteiger partial charge < -0.3 is 4.74 Å². The molecule has 2 aromatic carbocycles. The minimum absolute atomic E-state index is 0.137. The summed E-state index contributed by atoms with van der Waals surface area (Å²) in [5, 5.41) is 11.6. The van der Waals surface area contributed by atoms with Crippen LogP contribution >= 0.6 is 11.6 Å². The molecule has 0 fully saturated rings. The highest BCUT2D eigenvalue weighted by Crippen LogP contribution is 2.33. The van der Waals surface area contributed by atoms with Gasteiger partial charge in [-0.25, -0.2) is 0 Å². The minimum atomic E-state index is -0.137. The highest BCUT2D eigenvalue weighted by atomic mass is 35.5. The Labute approximate surface area is 176 Å². The molecule has 6 heteroatoms. The second-order valence-electron chi connectivity index (χ2n) is 7.41. The molecule has 0 saturated heterocycles. The van der Waals surface area contributed by atoms with Crippen LogP contribution in [0.15, 0.2) is 36.4 Å². The molecule has 29 heavy (non-hydrogen) atoms. The van der Waals surface area contributed by atoms with Gasteiger partial charge in [-0.15, -0.1) is 0 Å². The van der Waals surface area contributed by atoms with Crippen molar-refractivity contribution in [3.05, 3.63) is 47.0 Å². The van der Waals surface area contributed by atoms with Crippen molar-refractivity contribution in [3.63, 3.8) is 0 Å². The zero-order valence-corrected chi connectivity index (χ0v) is 17.8. The van der Waals surface area contributed by atoms with E-state index in [1.807, 2.05) is 30.3 Å². The van der Waals surface area contributed by atoms with E-state index >= 15 is 0 Å². The summed E-state index contributed by atoms with van der Waals surface area (Å²) in [5.74, 6) is 0.328. The van der Waals surface area contributed by atoms with E-state index in [1.54, 1.807) is 0 Å². The number of nitrogens with one attached hydrogen (secondary N) is 1. The summed E-state index contributed by atoms with van der Waals surface area (Å²) in [6.45, 7) is 4.86. The second-order valence-corrected chi connectivity index (χ2v) is 7.82. The first-order chi connectivity index (χ1) is 14.1. The van der Waals surface area contributed by atoms with Gasteiger partial charge in [-0.2, -0.15) is 15.4 Å². The van der Waals surface area contributed by atoms with Gasteiger partial charge >= 0.3 is 5.97 Å². The second kappa shape index (κ2) is 10.4. The van der Waals surface area contributed by atoms with Gasteiger partial charge in [0.2, 0.25) is 0 Å². The molecule has 3 aromatic rings. The molecule has 0 amide bonds. The summed E-state index contributed by atoms with van der Waals surface area (Å²) in [5.41, 5.74) is 4.39. The average Bonchev–Trinajstić information content (AvgIpc) is 3.21. The molecule has 154 valence electrons. The van der Waals surface area contributed by atoms with Crippen molar-refractivity contribution in [3.8, 4) is 11.1 Å². The first-order valence-electron chi connectivity index (χ1n) is 10.4. The van der Waals surface area contributed by atoms with Crippen LogP contribution in [0.5, 0.6) is 0 Å². The Morgan fingerprint density at radius 2 is 2.07 bits per heavy atom. The number of carbonyl (C=O) groups is 1. The zero-order valence-electron chi connectivity index (χ0n) is 17.1. The molecular weight excluding hydrogens is 386 g/mol. The Bertz CT molecular complexity index is 954. The third kappa shape index (κ3) is 5.57. The average molecular weight is 414 g/mol. The lowest BCUT2D eigenvalue weighted by atomic mass is 9.99. The van der Waals surface area contributed by atoms with Crippen LogP contribution in [0, 0.1) is 5.92 Å². The predicted molar refractivity (Wildman–Crippen MR) is 117 cm³/mol. The highest BCUT2D eigenvalue weighted by molar-refractivity contribution is 6.34. The fraction of sp³-hybridized carbons (Fsp3) is 0.435. The Hall–Kier alpha value is -2.40. The number of rotatable bonds is 10. The number of hydrogen-bond acceptors (Lipinski definition) is 4. The van der Waals surface area contributed by atoms with Crippen LogP contribution < -0.4 is 0 Å². The van der Waals surface area contributed by atoms with Crippen molar-refractivity contribution in [2.24, 2.45) is 5.92 Å². The Kier molecular flexibility index (Phi) is 7.64. The molecular formula is C23H28ClN3O2. The van der Waals surface area contributed by atoms with E-state index in [0.717, 1.165) is 40.6 Å². The van der Waals surface area contributed by atoms with Gasteiger partial charge in [0.1, 0.15) is 11.0 Å². The van der Waals surface area contributed by atoms with Gasteiger partial charge in [-0.3, -0.25) is 4.79 Å². The summed E-state index contributed by atoms with van der Waals surface area (Å²) >= 11 is 6.44. The lowest BCUT2D eigenvalue weighted by Gasteiger charge is -2.14. The third-order valence-electron chi connectivity index (χ3n) is 5.29. The number of ether oxygens (including phenoxy) is 1. The standard InChI is InChI=1S/C23H28ClN3O2/c1-3-5-7-16(4-2)15-29-21(28)13-10-17-8-6-9-18(14-17)22-19(24)11-12-20-23(22)26-27-25-20/h6,8-9,11-12,14,16H,3-5,7,10,13,15H2,1-2H3,(H,25,26,27). The van der Waals surface area contributed by atoms with E-state index in [9.17, 15) is 4.79 Å². The smallest absolute Gasteiger partial charge is 0.306 e. The summed E-state index contributed by atoms with van der Waals surface area (Å²) < 4.78 is 5.51. The number of esters is 1. The molecule has 1 aromatic heterocycles. The molecule has 1 atom stereocenters. The molecule has 1 heterocycles. The normalized spacial score (nSPS) is 12.2. The lowest BCUT2D eigenvalue weighted by molar-refractivity contribution is -0.145. The lowest BCUT2D eigenvalue weighted by Crippen LogP contribution is -2.14. The van der Waals surface area contributed by atoms with Crippen molar-refractivity contribution < 1.29 is 9.53 Å². The minimum Gasteiger partial charge on any atom is -0.465 e. The van der Waals surface area contributed by atoms with Crippen LogP contribution in [0.3, 0.4) is 0 Å². The SMILES string of the molecule is CCCCC(CC)COC(=O)CCc1cccc(-c2c(Cl)ccc3n[nH]nc23)c1. The number of aryl methyl sites for hydroxylation is 1. The Morgan fingerprint density at radius 3 is 2.86 bits per heavy atom. The molecule has 1 unspecified atom stereocenters. The number of hydrogen-bond donors (Lipinski definition) is 1. The fourth-order valence-electron chi connectivity index (χ4n) is 3.47. The van der Waals surface area contributed by atoms with E-state index < -0.39 is 0 Å². The van der Waals surface area contributed by atoms with Crippen LogP contribution in [0.2, 0.25) is 5.02 Å². The summed E-state index contributed by atoms with van der Waals surface area (Å²) in [6.07, 6.45) is 5.53. The van der Waals surface area contributed by atoms with Crippen LogP contribution in [-0.4, -0.2) is 28.0 Å². The van der Waals surface area contributed by atoms with E-state index in [1.165, 1.54) is 12.8 Å². The first-order valence-corrected chi connectivity index (χ1v) is 10.7. The molecule has 0 aliphatic heterocycles. The zero-order chi connectivity index (χ0) is 20.6. The number of unbranched alkanes of at least 4 members (excludes halogenated alkanes) is 1. The third-order valence-corrected chi connectivity index (χ3v) is 5.61. The van der Waals surface area contributed by atoms with Crippen molar-refractivity contribution in [2.45, 2.75) is 52.4 Å². The van der Waals surface area contributed by atoms with Gasteiger partial charge in [-0.1, -0.05) is 69.0 Å². The molecule has 1 N–H and O–H groups in total. The van der Waals surface area contributed by atoms with Crippen molar-refractivity contribution in [1.29, 1.82) is 0 Å². The van der Waals surface area contributed by atoms with E-state index in [4.69, 9.17) is 16.3 Å². The van der Waals surface area contributed by atoms with E-state index in [-0.39, 0.29) is 5.97 Å². The number of fused-ring (bicyclic) bond motifs is 1. The molecule has 0 radical (unpaired) electrons. The number of halogens is 1. The molecule has 0 bridgehead atoms. The van der Waals surface area contributed by atoms with Gasteiger partial charge in [0.05, 0.1) is 11.6 Å². The van der Waals surface area contributed by atoms with Crippen LogP contribution in [-0.2, 0) is 16.0 Å². The topological polar surface area (TPSA) is 67.9 Å². The molecule has 3 rings (SSSR count). The number of benzene rings is 2. The van der Waals surface area contributed by atoms with Gasteiger partial charge in [-0.05, 0) is 42.0 Å². The van der Waals surface area contributed by atoms with Crippen molar-refractivity contribution >= 4 is 28.6 Å². The molecule has 0 aliphatic carbocycles. The van der Waals surface area contributed by atoms with E-state index in [0.29, 0.717) is 30.4 Å². The quantitative estimate of drug-likeness (QED) is 0.415. The van der Waals surface area contributed by atoms with Crippen LogP contribution in [0.1, 0.15) is 51.5 Å². The number of H-pyrrole nitrogens is 1. The summed E-state index contributed by atoms with van der Waals surface area (Å²) in [4.78, 5) is 12.2. The fourth-order valence-corrected chi connectivity index (χ4v) is 3.73. The number of carbonyl (C=O) groups excluding carboxylic acids is 1. The Morgan fingerprint density at radius 1 is 1.21 bits per heavy atom. The maximum absolute atomic E-state index is 12.2. The monoisotopic (exact) mass is 413 g/mol. The van der Waals surface area contributed by atoms with Crippen molar-refractivity contribution in [2.75, 3.05) is 6.61 Å². The van der Waals surface area contributed by atoms with Gasteiger partial charge in [0.15, 0.2) is 0 Å². The summed E-state index contributed by atoms with van der Waals surface area (Å²) in [7, 11) is 0.